The van der Waals surface area contributed by atoms with E-state index >= 15 is 0 Å². The summed E-state index contributed by atoms with van der Waals surface area (Å²) in [5.41, 5.74) is -0.507. The molecule has 37 heavy (non-hydrogen) atoms. The lowest BCUT2D eigenvalue weighted by atomic mass is 10.1. The van der Waals surface area contributed by atoms with Crippen LogP contribution in [-0.4, -0.2) is 41.8 Å². The Bertz CT molecular complexity index is 1480. The number of anilines is 1. The lowest BCUT2D eigenvalue weighted by molar-refractivity contribution is -0.137. The maximum absolute atomic E-state index is 13.0. The molecule has 4 rings (SSSR count). The van der Waals surface area contributed by atoms with Crippen molar-refractivity contribution in [3.05, 3.63) is 75.3 Å². The molecule has 0 aliphatic heterocycles. The van der Waals surface area contributed by atoms with Crippen LogP contribution in [0.3, 0.4) is 0 Å². The van der Waals surface area contributed by atoms with E-state index in [1.807, 2.05) is 0 Å². The van der Waals surface area contributed by atoms with Crippen molar-refractivity contribution in [2.45, 2.75) is 19.1 Å². The minimum Gasteiger partial charge on any atom is -0.493 e. The van der Waals surface area contributed by atoms with Crippen LogP contribution in [0.5, 0.6) is 5.88 Å². The molecular formula is C22H15ClF3N7O3S. The molecule has 15 heteroatoms. The summed E-state index contributed by atoms with van der Waals surface area (Å²) in [5, 5.41) is 14.7. The second-order valence-corrected chi connectivity index (χ2v) is 8.89. The van der Waals surface area contributed by atoms with Crippen LogP contribution in [0.2, 0.25) is 5.02 Å². The van der Waals surface area contributed by atoms with Gasteiger partial charge in [-0.25, -0.2) is 24.9 Å². The zero-order chi connectivity index (χ0) is 26.7. The van der Waals surface area contributed by atoms with Crippen LogP contribution in [0.4, 0.5) is 19.0 Å². The van der Waals surface area contributed by atoms with Gasteiger partial charge in [0.1, 0.15) is 27.7 Å². The van der Waals surface area contributed by atoms with Gasteiger partial charge in [-0.15, -0.1) is 11.3 Å². The summed E-state index contributed by atoms with van der Waals surface area (Å²) in [5.74, 6) is -1.89. The van der Waals surface area contributed by atoms with Crippen LogP contribution >= 0.6 is 22.9 Å². The number of carbonyl (C=O) groups excluding carboxylic acids is 2. The number of nitrogens with zero attached hydrogens (tertiary/aromatic N) is 5. The Kier molecular flexibility index (Phi) is 7.31. The predicted octanol–water partition coefficient (Wildman–Crippen LogP) is 4.51. The summed E-state index contributed by atoms with van der Waals surface area (Å²) < 4.78 is 39.1. The Labute approximate surface area is 215 Å². The molecule has 0 radical (unpaired) electrons. The van der Waals surface area contributed by atoms with E-state index < -0.39 is 34.6 Å². The highest BCUT2D eigenvalue weighted by Crippen LogP contribution is 2.35. The minimum absolute atomic E-state index is 0.0175. The first-order valence-electron chi connectivity index (χ1n) is 10.3. The van der Waals surface area contributed by atoms with Crippen LogP contribution in [0.25, 0.3) is 11.3 Å². The minimum atomic E-state index is -4.71. The van der Waals surface area contributed by atoms with E-state index in [0.29, 0.717) is 16.6 Å². The molecule has 0 saturated heterocycles. The molecule has 0 aliphatic carbocycles. The number of pyridine rings is 2. The monoisotopic (exact) mass is 549 g/mol. The highest BCUT2D eigenvalue weighted by atomic mass is 35.5. The number of nitrogens with one attached hydrogen (secondary N) is 2. The lowest BCUT2D eigenvalue weighted by Gasteiger charge is -2.11. The molecule has 0 aromatic carbocycles. The fourth-order valence-corrected chi connectivity index (χ4v) is 4.08. The fourth-order valence-electron chi connectivity index (χ4n) is 3.05. The number of thiazole rings is 1. The highest BCUT2D eigenvalue weighted by molar-refractivity contribution is 7.13. The van der Waals surface area contributed by atoms with Gasteiger partial charge in [0.05, 0.1) is 34.1 Å². The lowest BCUT2D eigenvalue weighted by Crippen LogP contribution is -2.27. The van der Waals surface area contributed by atoms with Crippen molar-refractivity contribution in [2.24, 2.45) is 0 Å². The number of aromatic nitrogens is 5. The van der Waals surface area contributed by atoms with Crippen LogP contribution in [-0.2, 0) is 6.18 Å². The molecule has 190 valence electrons. The second-order valence-electron chi connectivity index (χ2n) is 7.42. The van der Waals surface area contributed by atoms with Gasteiger partial charge >= 0.3 is 6.18 Å². The number of carbonyl (C=O) groups is 2. The number of hydrogen-bond acceptors (Lipinski definition) is 9. The normalized spacial score (nSPS) is 12.1. The molecule has 4 heterocycles. The largest absolute Gasteiger partial charge is 0.493 e. The summed E-state index contributed by atoms with van der Waals surface area (Å²) in [4.78, 5) is 44.9. The van der Waals surface area contributed by atoms with Gasteiger partial charge in [0, 0.05) is 12.4 Å². The number of aromatic hydroxyl groups is 1. The molecule has 1 unspecified atom stereocenters. The molecule has 0 bridgehead atoms. The molecule has 0 saturated carbocycles. The molecule has 2 amide bonds. The number of rotatable bonds is 6. The molecule has 1 atom stereocenters. The average Bonchev–Trinajstić information content (AvgIpc) is 3.36. The maximum Gasteiger partial charge on any atom is 0.418 e. The van der Waals surface area contributed by atoms with Gasteiger partial charge < -0.3 is 15.7 Å². The van der Waals surface area contributed by atoms with Gasteiger partial charge in [-0.3, -0.25) is 9.59 Å². The molecule has 10 nitrogen and oxygen atoms in total. The number of amides is 2. The third kappa shape index (κ3) is 5.98. The summed E-state index contributed by atoms with van der Waals surface area (Å²) in [6.07, 6.45) is -0.115. The van der Waals surface area contributed by atoms with E-state index in [9.17, 15) is 27.9 Å². The molecule has 0 fully saturated rings. The van der Waals surface area contributed by atoms with Crippen molar-refractivity contribution in [3.63, 3.8) is 0 Å². The van der Waals surface area contributed by atoms with Gasteiger partial charge in [0.25, 0.3) is 11.8 Å². The predicted molar refractivity (Wildman–Crippen MR) is 127 cm³/mol. The number of halogens is 4. The van der Waals surface area contributed by atoms with E-state index in [2.05, 4.69) is 35.6 Å². The van der Waals surface area contributed by atoms with Crippen LogP contribution < -0.4 is 10.6 Å². The van der Waals surface area contributed by atoms with Gasteiger partial charge in [-0.05, 0) is 31.2 Å². The quantitative estimate of drug-likeness (QED) is 0.319. The molecule has 0 aliphatic rings. The smallest absolute Gasteiger partial charge is 0.418 e. The van der Waals surface area contributed by atoms with E-state index in [0.717, 1.165) is 17.5 Å². The second kappa shape index (κ2) is 10.4. The van der Waals surface area contributed by atoms with E-state index in [1.165, 1.54) is 24.8 Å². The summed E-state index contributed by atoms with van der Waals surface area (Å²) >= 11 is 6.48. The third-order valence-corrected chi connectivity index (χ3v) is 6.31. The first kappa shape index (κ1) is 25.9. The Balaban J connectivity index is 1.44. The van der Waals surface area contributed by atoms with Crippen LogP contribution in [0.1, 0.15) is 43.7 Å². The molecule has 3 N–H and O–H groups in total. The van der Waals surface area contributed by atoms with E-state index in [-0.39, 0.29) is 28.0 Å². The van der Waals surface area contributed by atoms with Crippen molar-refractivity contribution in [1.29, 1.82) is 0 Å². The van der Waals surface area contributed by atoms with E-state index in [1.54, 1.807) is 19.1 Å². The standard InChI is InChI=1S/C22H15ClF3N7O3S/c1-10(32-19(35)15-6-14(30-9-31-15)11-3-2-4-27-18(11)34)21-29-8-16(37-21)20(36)33-17-5-12(22(24,25)26)13(23)7-28-17/h2-10H,1H3,(H,27,34)(H,32,35)(H,28,33,36). The first-order valence-corrected chi connectivity index (χ1v) is 11.5. The number of alkyl halides is 3. The van der Waals surface area contributed by atoms with Crippen LogP contribution in [0, 0.1) is 0 Å². The topological polar surface area (TPSA) is 143 Å². The molecular weight excluding hydrogens is 535 g/mol. The van der Waals surface area contributed by atoms with Crippen LogP contribution in [0.15, 0.2) is 49.2 Å². The highest BCUT2D eigenvalue weighted by Gasteiger charge is 2.34. The summed E-state index contributed by atoms with van der Waals surface area (Å²) in [6.45, 7) is 1.63. The first-order chi connectivity index (χ1) is 17.5. The zero-order valence-corrected chi connectivity index (χ0v) is 20.2. The van der Waals surface area contributed by atoms with Gasteiger partial charge in [0.15, 0.2) is 0 Å². The molecule has 4 aromatic rings. The average molecular weight is 550 g/mol. The Hall–Kier alpha value is -4.17. The van der Waals surface area contributed by atoms with Crippen molar-refractivity contribution in [1.82, 2.24) is 30.2 Å². The zero-order valence-electron chi connectivity index (χ0n) is 18.6. The maximum atomic E-state index is 13.0. The Morgan fingerprint density at radius 2 is 1.86 bits per heavy atom. The van der Waals surface area contributed by atoms with Crippen molar-refractivity contribution < 1.29 is 27.9 Å². The van der Waals surface area contributed by atoms with Crippen molar-refractivity contribution in [3.8, 4) is 17.1 Å². The Morgan fingerprint density at radius 3 is 2.59 bits per heavy atom. The van der Waals surface area contributed by atoms with Crippen molar-refractivity contribution >= 4 is 40.6 Å². The summed E-state index contributed by atoms with van der Waals surface area (Å²) in [7, 11) is 0. The van der Waals surface area contributed by atoms with Gasteiger partial charge in [0.2, 0.25) is 5.88 Å². The Morgan fingerprint density at radius 1 is 1.08 bits per heavy atom. The summed E-state index contributed by atoms with van der Waals surface area (Å²) in [6, 6.07) is 4.56. The van der Waals surface area contributed by atoms with E-state index in [4.69, 9.17) is 11.6 Å². The van der Waals surface area contributed by atoms with Gasteiger partial charge in [-0.1, -0.05) is 11.6 Å². The van der Waals surface area contributed by atoms with Gasteiger partial charge in [-0.2, -0.15) is 13.2 Å². The SMILES string of the molecule is CC(NC(=O)c1cc(-c2cccnc2O)ncn1)c1ncc(C(=O)Nc2cc(C(F)(F)F)c(Cl)cn2)s1. The molecule has 4 aromatic heterocycles. The van der Waals surface area contributed by atoms with Crippen molar-refractivity contribution in [2.75, 3.05) is 5.32 Å². The number of hydrogen-bond donors (Lipinski definition) is 3. The fraction of sp³-hybridized carbons (Fsp3) is 0.136. The third-order valence-electron chi connectivity index (χ3n) is 4.83. The molecule has 0 spiro atoms.